The standard InChI is InChI=1S/C37H30N8O3/c46-35-34(42-31(25-11-5-2-6-12-25)28-13-7-8-14-30(28)41-35)43-37-45-44-36(48-37)32-29(27-19-39-33(40-20-27)26-15-16-26)17-24(18-38-32)22-47-21-23-9-3-1-4-10-23/h1-14,17-20,26,34H,15-16,21-22H2,(H,41,46)(H,43,45)/t34-/m1/s1. The summed E-state index contributed by atoms with van der Waals surface area (Å²) >= 11 is 0. The summed E-state index contributed by atoms with van der Waals surface area (Å²) in [5, 5.41) is 14.5. The molecule has 11 nitrogen and oxygen atoms in total. The minimum Gasteiger partial charge on any atom is -0.402 e. The molecule has 1 aliphatic carbocycles. The zero-order valence-corrected chi connectivity index (χ0v) is 25.8. The molecule has 1 amide bonds. The number of carbonyl (C=O) groups excluding carboxylic acids is 1. The van der Waals surface area contributed by atoms with Crippen LogP contribution in [0.1, 0.15) is 46.8 Å². The third kappa shape index (κ3) is 6.31. The van der Waals surface area contributed by atoms with Gasteiger partial charge in [-0.2, -0.15) is 0 Å². The van der Waals surface area contributed by atoms with Crippen molar-refractivity contribution in [1.82, 2.24) is 25.1 Å². The molecule has 11 heteroatoms. The van der Waals surface area contributed by atoms with Gasteiger partial charge in [-0.25, -0.2) is 15.0 Å². The van der Waals surface area contributed by atoms with Crippen molar-refractivity contribution in [3.63, 3.8) is 0 Å². The molecule has 48 heavy (non-hydrogen) atoms. The van der Waals surface area contributed by atoms with Gasteiger partial charge in [-0.15, -0.1) is 5.10 Å². The predicted octanol–water partition coefficient (Wildman–Crippen LogP) is 6.41. The molecule has 3 aromatic carbocycles. The highest BCUT2D eigenvalue weighted by atomic mass is 16.5. The Balaban J connectivity index is 1.09. The molecule has 0 unspecified atom stereocenters. The van der Waals surface area contributed by atoms with E-state index in [0.29, 0.717) is 36.2 Å². The fraction of sp³-hybridized carbons (Fsp3) is 0.162. The Morgan fingerprint density at radius 2 is 1.50 bits per heavy atom. The predicted molar refractivity (Wildman–Crippen MR) is 180 cm³/mol. The van der Waals surface area contributed by atoms with Crippen molar-refractivity contribution in [2.75, 3.05) is 10.6 Å². The number of amides is 1. The Hall–Kier alpha value is -6.07. The number of rotatable bonds is 10. The second-order valence-electron chi connectivity index (χ2n) is 11.7. The zero-order chi connectivity index (χ0) is 32.3. The van der Waals surface area contributed by atoms with E-state index in [9.17, 15) is 4.79 Å². The molecule has 1 atom stereocenters. The number of hydrogen-bond donors (Lipinski definition) is 2. The number of aliphatic imine (C=N–C) groups is 1. The highest BCUT2D eigenvalue weighted by molar-refractivity contribution is 6.19. The summed E-state index contributed by atoms with van der Waals surface area (Å²) in [7, 11) is 0. The van der Waals surface area contributed by atoms with E-state index >= 15 is 0 Å². The molecule has 3 aromatic heterocycles. The molecule has 0 bridgehead atoms. The van der Waals surface area contributed by atoms with Crippen LogP contribution in [0.4, 0.5) is 11.7 Å². The minimum absolute atomic E-state index is 0.0237. The topological polar surface area (TPSA) is 140 Å². The molecule has 0 saturated heterocycles. The number of pyridine rings is 1. The molecule has 1 fully saturated rings. The number of carbonyl (C=O) groups is 1. The number of aromatic nitrogens is 5. The van der Waals surface area contributed by atoms with Crippen molar-refractivity contribution in [3.8, 4) is 22.7 Å². The number of benzodiazepines with no additional fused rings is 1. The number of hydrogen-bond acceptors (Lipinski definition) is 10. The highest BCUT2D eigenvalue weighted by Gasteiger charge is 2.28. The van der Waals surface area contributed by atoms with Crippen molar-refractivity contribution in [2.45, 2.75) is 38.1 Å². The van der Waals surface area contributed by atoms with Crippen LogP contribution in [-0.2, 0) is 22.7 Å². The number of nitrogens with zero attached hydrogens (tertiary/aromatic N) is 6. The number of anilines is 2. The largest absolute Gasteiger partial charge is 0.402 e. The molecule has 0 radical (unpaired) electrons. The van der Waals surface area contributed by atoms with E-state index in [2.05, 4.69) is 30.8 Å². The van der Waals surface area contributed by atoms with Gasteiger partial charge in [-0.3, -0.25) is 9.78 Å². The Labute approximate surface area is 276 Å². The van der Waals surface area contributed by atoms with Gasteiger partial charge in [0.25, 0.3) is 11.8 Å². The van der Waals surface area contributed by atoms with Gasteiger partial charge in [-0.1, -0.05) is 84.0 Å². The summed E-state index contributed by atoms with van der Waals surface area (Å²) in [4.78, 5) is 32.2. The first-order chi connectivity index (χ1) is 23.7. The monoisotopic (exact) mass is 634 g/mol. The summed E-state index contributed by atoms with van der Waals surface area (Å²) in [6, 6.07) is 29.3. The molecule has 236 valence electrons. The highest BCUT2D eigenvalue weighted by Crippen LogP contribution is 2.38. The van der Waals surface area contributed by atoms with Crippen LogP contribution in [0.3, 0.4) is 0 Å². The lowest BCUT2D eigenvalue weighted by Crippen LogP contribution is -2.32. The van der Waals surface area contributed by atoms with Crippen LogP contribution in [0.25, 0.3) is 22.7 Å². The fourth-order valence-corrected chi connectivity index (χ4v) is 5.54. The van der Waals surface area contributed by atoms with Gasteiger partial charge in [0.2, 0.25) is 6.17 Å². The molecule has 8 rings (SSSR count). The second kappa shape index (κ2) is 13.0. The van der Waals surface area contributed by atoms with Gasteiger partial charge in [0.15, 0.2) is 0 Å². The number of fused-ring (bicyclic) bond motifs is 1. The SMILES string of the molecule is O=C1Nc2ccccc2C(c2ccccc2)=N[C@@H]1Nc1nnc(-c2ncc(COCc3ccccc3)cc2-c2cnc(C3CC3)nc2)o1. The van der Waals surface area contributed by atoms with Crippen molar-refractivity contribution >= 4 is 23.3 Å². The number of ether oxygens (including phenoxy) is 1. The van der Waals surface area contributed by atoms with E-state index in [0.717, 1.165) is 52.0 Å². The lowest BCUT2D eigenvalue weighted by Gasteiger charge is -2.11. The molecule has 6 aromatic rings. The van der Waals surface area contributed by atoms with Crippen molar-refractivity contribution < 1.29 is 13.9 Å². The fourth-order valence-electron chi connectivity index (χ4n) is 5.54. The van der Waals surface area contributed by atoms with Gasteiger partial charge in [-0.05, 0) is 36.1 Å². The molecule has 0 spiro atoms. The van der Waals surface area contributed by atoms with Crippen LogP contribution >= 0.6 is 0 Å². The number of benzene rings is 3. The van der Waals surface area contributed by atoms with E-state index in [1.54, 1.807) is 18.6 Å². The maximum atomic E-state index is 13.4. The summed E-state index contributed by atoms with van der Waals surface area (Å²) in [6.07, 6.45) is 6.52. The summed E-state index contributed by atoms with van der Waals surface area (Å²) in [5.74, 6) is 1.08. The van der Waals surface area contributed by atoms with Crippen molar-refractivity contribution in [2.24, 2.45) is 4.99 Å². The van der Waals surface area contributed by atoms with Gasteiger partial charge in [0.05, 0.1) is 24.6 Å². The minimum atomic E-state index is -1.04. The first-order valence-corrected chi connectivity index (χ1v) is 15.7. The first-order valence-electron chi connectivity index (χ1n) is 15.7. The van der Waals surface area contributed by atoms with E-state index in [1.165, 1.54) is 0 Å². The van der Waals surface area contributed by atoms with Gasteiger partial charge in [0.1, 0.15) is 11.5 Å². The van der Waals surface area contributed by atoms with Crippen LogP contribution in [0, 0.1) is 0 Å². The summed E-state index contributed by atoms with van der Waals surface area (Å²) in [5.41, 5.74) is 6.90. The molecule has 2 aliphatic rings. The van der Waals surface area contributed by atoms with E-state index in [1.807, 2.05) is 91.0 Å². The second-order valence-corrected chi connectivity index (χ2v) is 11.7. The molecule has 1 saturated carbocycles. The molecular weight excluding hydrogens is 604 g/mol. The Morgan fingerprint density at radius 1 is 0.771 bits per heavy atom. The van der Waals surface area contributed by atoms with E-state index < -0.39 is 6.17 Å². The van der Waals surface area contributed by atoms with Crippen molar-refractivity contribution in [3.05, 3.63) is 138 Å². The van der Waals surface area contributed by atoms with Gasteiger partial charge >= 0.3 is 6.01 Å². The quantitative estimate of drug-likeness (QED) is 0.175. The Bertz CT molecular complexity index is 2100. The van der Waals surface area contributed by atoms with Crippen LogP contribution in [0.5, 0.6) is 0 Å². The van der Waals surface area contributed by atoms with E-state index in [4.69, 9.17) is 19.1 Å². The van der Waals surface area contributed by atoms with Crippen molar-refractivity contribution in [1.29, 1.82) is 0 Å². The molecule has 1 aliphatic heterocycles. The lowest BCUT2D eigenvalue weighted by molar-refractivity contribution is -0.116. The van der Waals surface area contributed by atoms with Crippen LogP contribution in [0.2, 0.25) is 0 Å². The lowest BCUT2D eigenvalue weighted by atomic mass is 10.0. The normalized spacial score (nSPS) is 15.6. The maximum Gasteiger partial charge on any atom is 0.317 e. The number of nitrogens with one attached hydrogen (secondary N) is 2. The van der Waals surface area contributed by atoms with Crippen LogP contribution in [0.15, 0.2) is 119 Å². The summed E-state index contributed by atoms with van der Waals surface area (Å²) < 4.78 is 12.1. The maximum absolute atomic E-state index is 13.4. The third-order valence-corrected chi connectivity index (χ3v) is 8.13. The average Bonchev–Trinajstić information content (AvgIpc) is 3.91. The Kier molecular flexibility index (Phi) is 7.93. The zero-order valence-electron chi connectivity index (χ0n) is 25.8. The molecule has 2 N–H and O–H groups in total. The van der Waals surface area contributed by atoms with Gasteiger partial charge < -0.3 is 19.8 Å². The molecule has 4 heterocycles. The molecular formula is C37H30N8O3. The smallest absolute Gasteiger partial charge is 0.317 e. The third-order valence-electron chi connectivity index (χ3n) is 8.13. The average molecular weight is 635 g/mol. The van der Waals surface area contributed by atoms with E-state index in [-0.39, 0.29) is 17.8 Å². The van der Waals surface area contributed by atoms with Gasteiger partial charge in [0, 0.05) is 46.8 Å². The summed E-state index contributed by atoms with van der Waals surface area (Å²) in [6.45, 7) is 0.831. The number of para-hydroxylation sites is 1. The van der Waals surface area contributed by atoms with Crippen LogP contribution < -0.4 is 10.6 Å². The first kappa shape index (κ1) is 29.3. The van der Waals surface area contributed by atoms with Crippen LogP contribution in [-0.4, -0.2) is 42.9 Å². The Morgan fingerprint density at radius 3 is 2.29 bits per heavy atom.